The van der Waals surface area contributed by atoms with E-state index in [2.05, 4.69) is 15.9 Å². The summed E-state index contributed by atoms with van der Waals surface area (Å²) in [7, 11) is 0. The highest BCUT2D eigenvalue weighted by molar-refractivity contribution is 9.10. The average molecular weight is 209 g/mol. The van der Waals surface area contributed by atoms with Crippen LogP contribution in [0.2, 0.25) is 0 Å². The molecule has 0 aliphatic rings. The van der Waals surface area contributed by atoms with Gasteiger partial charge in [-0.3, -0.25) is 4.79 Å². The standard InChI is InChI=1S/C7H13BrO2/c1-7(2,3)4-5(8)6(9)10/h5H,4H2,1-3H3,(H,9,10)/t5-/m0/s1. The van der Waals surface area contributed by atoms with Gasteiger partial charge in [-0.25, -0.2) is 0 Å². The minimum absolute atomic E-state index is 0.0759. The third-order valence-corrected chi connectivity index (χ3v) is 1.77. The van der Waals surface area contributed by atoms with Crippen molar-refractivity contribution in [2.24, 2.45) is 5.41 Å². The monoisotopic (exact) mass is 208 g/mol. The maximum absolute atomic E-state index is 10.3. The van der Waals surface area contributed by atoms with Gasteiger partial charge in [0.15, 0.2) is 0 Å². The first-order chi connectivity index (χ1) is 4.33. The molecule has 0 heterocycles. The lowest BCUT2D eigenvalue weighted by molar-refractivity contribution is -0.136. The molecule has 1 atom stereocenters. The number of halogens is 1. The van der Waals surface area contributed by atoms with Gasteiger partial charge in [0, 0.05) is 0 Å². The Labute approximate surface area is 69.8 Å². The summed E-state index contributed by atoms with van der Waals surface area (Å²) in [5.41, 5.74) is 0.0759. The number of carboxylic acid groups (broad SMARTS) is 1. The SMILES string of the molecule is CC(C)(C)C[C@H](Br)C(=O)O. The van der Waals surface area contributed by atoms with Crippen molar-refractivity contribution < 1.29 is 9.90 Å². The van der Waals surface area contributed by atoms with Crippen molar-refractivity contribution in [2.45, 2.75) is 32.0 Å². The Morgan fingerprint density at radius 2 is 2.00 bits per heavy atom. The second-order valence-electron chi connectivity index (χ2n) is 3.57. The Balaban J connectivity index is 3.80. The zero-order chi connectivity index (χ0) is 8.36. The fourth-order valence-corrected chi connectivity index (χ4v) is 1.60. The number of hydrogen-bond donors (Lipinski definition) is 1. The summed E-state index contributed by atoms with van der Waals surface area (Å²) in [5, 5.41) is 8.50. The van der Waals surface area contributed by atoms with E-state index in [1.807, 2.05) is 20.8 Å². The summed E-state index contributed by atoms with van der Waals surface area (Å²) < 4.78 is 0. The molecule has 0 rings (SSSR count). The Morgan fingerprint density at radius 3 is 2.10 bits per heavy atom. The van der Waals surface area contributed by atoms with E-state index in [1.165, 1.54) is 0 Å². The van der Waals surface area contributed by atoms with Crippen LogP contribution in [0.1, 0.15) is 27.2 Å². The summed E-state index contributed by atoms with van der Waals surface area (Å²) in [6.45, 7) is 6.05. The first kappa shape index (κ1) is 9.95. The van der Waals surface area contributed by atoms with Crippen molar-refractivity contribution in [1.82, 2.24) is 0 Å². The molecular weight excluding hydrogens is 196 g/mol. The van der Waals surface area contributed by atoms with Gasteiger partial charge in [0.25, 0.3) is 0 Å². The van der Waals surface area contributed by atoms with Gasteiger partial charge >= 0.3 is 5.97 Å². The molecule has 0 aromatic rings. The summed E-state index contributed by atoms with van der Waals surface area (Å²) in [4.78, 5) is 9.92. The largest absolute Gasteiger partial charge is 0.480 e. The van der Waals surface area contributed by atoms with Crippen LogP contribution in [0.3, 0.4) is 0 Å². The highest BCUT2D eigenvalue weighted by atomic mass is 79.9. The van der Waals surface area contributed by atoms with Crippen LogP contribution in [0.25, 0.3) is 0 Å². The van der Waals surface area contributed by atoms with E-state index in [4.69, 9.17) is 5.11 Å². The lowest BCUT2D eigenvalue weighted by Crippen LogP contribution is -2.20. The molecule has 0 aliphatic heterocycles. The summed E-state index contributed by atoms with van der Waals surface area (Å²) in [6.07, 6.45) is 0.655. The van der Waals surface area contributed by atoms with Gasteiger partial charge in [0.2, 0.25) is 0 Å². The van der Waals surface area contributed by atoms with Gasteiger partial charge in [-0.1, -0.05) is 36.7 Å². The quantitative estimate of drug-likeness (QED) is 0.708. The molecule has 60 valence electrons. The Morgan fingerprint density at radius 1 is 1.60 bits per heavy atom. The molecule has 0 saturated heterocycles. The molecule has 0 radical (unpaired) electrons. The van der Waals surface area contributed by atoms with Crippen LogP contribution in [0.5, 0.6) is 0 Å². The topological polar surface area (TPSA) is 37.3 Å². The van der Waals surface area contributed by atoms with Gasteiger partial charge in [-0.05, 0) is 11.8 Å². The molecule has 3 heteroatoms. The molecule has 2 nitrogen and oxygen atoms in total. The second-order valence-corrected chi connectivity index (χ2v) is 4.68. The minimum atomic E-state index is -0.782. The Bertz CT molecular complexity index is 126. The van der Waals surface area contributed by atoms with E-state index >= 15 is 0 Å². The van der Waals surface area contributed by atoms with E-state index < -0.39 is 10.8 Å². The molecule has 0 aromatic carbocycles. The Hall–Kier alpha value is -0.0500. The van der Waals surface area contributed by atoms with Gasteiger partial charge in [-0.2, -0.15) is 0 Å². The van der Waals surface area contributed by atoms with Crippen LogP contribution in [0.15, 0.2) is 0 Å². The van der Waals surface area contributed by atoms with Crippen LogP contribution >= 0.6 is 15.9 Å². The number of rotatable bonds is 2. The van der Waals surface area contributed by atoms with Crippen LogP contribution in [-0.2, 0) is 4.79 Å². The number of carbonyl (C=O) groups is 1. The van der Waals surface area contributed by atoms with Gasteiger partial charge in [0.1, 0.15) is 4.83 Å². The van der Waals surface area contributed by atoms with Crippen molar-refractivity contribution in [3.8, 4) is 0 Å². The molecule has 0 saturated carbocycles. The first-order valence-electron chi connectivity index (χ1n) is 3.20. The molecule has 0 bridgehead atoms. The third-order valence-electron chi connectivity index (χ3n) is 1.06. The van der Waals surface area contributed by atoms with E-state index in [1.54, 1.807) is 0 Å². The zero-order valence-electron chi connectivity index (χ0n) is 6.52. The lowest BCUT2D eigenvalue weighted by Gasteiger charge is -2.19. The highest BCUT2D eigenvalue weighted by Crippen LogP contribution is 2.24. The van der Waals surface area contributed by atoms with E-state index in [9.17, 15) is 4.79 Å². The fourth-order valence-electron chi connectivity index (χ4n) is 0.625. The molecule has 0 aliphatic carbocycles. The second kappa shape index (κ2) is 3.37. The number of alkyl halides is 1. The van der Waals surface area contributed by atoms with E-state index in [-0.39, 0.29) is 5.41 Å². The molecule has 0 amide bonds. The fraction of sp³-hybridized carbons (Fsp3) is 0.857. The van der Waals surface area contributed by atoms with Crippen molar-refractivity contribution in [1.29, 1.82) is 0 Å². The van der Waals surface area contributed by atoms with Crippen molar-refractivity contribution in [2.75, 3.05) is 0 Å². The predicted molar refractivity (Wildman–Crippen MR) is 44.4 cm³/mol. The zero-order valence-corrected chi connectivity index (χ0v) is 8.10. The molecule has 0 fully saturated rings. The molecular formula is C7H13BrO2. The smallest absolute Gasteiger partial charge is 0.317 e. The number of hydrogen-bond acceptors (Lipinski definition) is 1. The summed E-state index contributed by atoms with van der Waals surface area (Å²) >= 11 is 3.08. The molecule has 10 heavy (non-hydrogen) atoms. The van der Waals surface area contributed by atoms with Gasteiger partial charge < -0.3 is 5.11 Å². The average Bonchev–Trinajstić information content (AvgIpc) is 1.60. The minimum Gasteiger partial charge on any atom is -0.480 e. The van der Waals surface area contributed by atoms with Crippen molar-refractivity contribution in [3.05, 3.63) is 0 Å². The normalized spacial score (nSPS) is 14.8. The maximum Gasteiger partial charge on any atom is 0.317 e. The highest BCUT2D eigenvalue weighted by Gasteiger charge is 2.21. The Kier molecular flexibility index (Phi) is 3.36. The maximum atomic E-state index is 10.3. The van der Waals surface area contributed by atoms with Crippen LogP contribution in [0, 0.1) is 5.41 Å². The predicted octanol–water partition coefficient (Wildman–Crippen LogP) is 2.27. The van der Waals surface area contributed by atoms with Crippen molar-refractivity contribution >= 4 is 21.9 Å². The molecule has 0 unspecified atom stereocenters. The van der Waals surface area contributed by atoms with Gasteiger partial charge in [0.05, 0.1) is 0 Å². The van der Waals surface area contributed by atoms with E-state index in [0.717, 1.165) is 0 Å². The molecule has 1 N–H and O–H groups in total. The summed E-state index contributed by atoms with van der Waals surface area (Å²) in [5.74, 6) is -0.782. The molecule has 0 spiro atoms. The van der Waals surface area contributed by atoms with Crippen molar-refractivity contribution in [3.63, 3.8) is 0 Å². The third kappa shape index (κ3) is 4.79. The van der Waals surface area contributed by atoms with Crippen LogP contribution in [0.4, 0.5) is 0 Å². The number of aliphatic carboxylic acids is 1. The van der Waals surface area contributed by atoms with Crippen LogP contribution < -0.4 is 0 Å². The lowest BCUT2D eigenvalue weighted by atomic mass is 9.91. The first-order valence-corrected chi connectivity index (χ1v) is 4.11. The number of carboxylic acids is 1. The summed E-state index contributed by atoms with van der Waals surface area (Å²) in [6, 6.07) is 0. The van der Waals surface area contributed by atoms with Gasteiger partial charge in [-0.15, -0.1) is 0 Å². The van der Waals surface area contributed by atoms with E-state index in [0.29, 0.717) is 6.42 Å². The van der Waals surface area contributed by atoms with Crippen LogP contribution in [-0.4, -0.2) is 15.9 Å². The molecule has 0 aromatic heterocycles.